The largest absolute Gasteiger partial charge is 0.493 e. The van der Waals surface area contributed by atoms with Gasteiger partial charge in [0, 0.05) is 6.42 Å². The van der Waals surface area contributed by atoms with Crippen molar-refractivity contribution in [2.75, 3.05) is 6.61 Å². The molecule has 21 heavy (non-hydrogen) atoms. The maximum atomic E-state index is 13.4. The van der Waals surface area contributed by atoms with Crippen molar-refractivity contribution in [1.82, 2.24) is 0 Å². The van der Waals surface area contributed by atoms with Crippen LogP contribution in [0.4, 0.5) is 4.39 Å². The second-order valence-corrected chi connectivity index (χ2v) is 5.82. The molecule has 1 atom stereocenters. The van der Waals surface area contributed by atoms with Gasteiger partial charge in [-0.25, -0.2) is 4.39 Å². The molecule has 1 unspecified atom stereocenters. The Morgan fingerprint density at radius 1 is 1.24 bits per heavy atom. The van der Waals surface area contributed by atoms with Gasteiger partial charge in [-0.05, 0) is 58.6 Å². The molecule has 0 heterocycles. The van der Waals surface area contributed by atoms with Crippen molar-refractivity contribution in [2.45, 2.75) is 25.9 Å². The Bertz CT molecular complexity index is 601. The maximum Gasteiger partial charge on any atom is 0.137 e. The Balaban J connectivity index is 1.82. The van der Waals surface area contributed by atoms with Crippen LogP contribution in [0.5, 0.6) is 5.75 Å². The van der Waals surface area contributed by atoms with E-state index < -0.39 is 6.10 Å². The molecule has 1 N–H and O–H groups in total. The lowest BCUT2D eigenvalue weighted by atomic mass is 10.1. The molecule has 0 saturated heterocycles. The standard InChI is InChI=1S/C17H18BrFO2/c1-12-4-2-6-15(10-12)21-9-8-14(20)11-13-5-3-7-16(19)17(13)18/h2-7,10,14,20H,8-9,11H2,1H3. The van der Waals surface area contributed by atoms with Crippen LogP contribution in [0.15, 0.2) is 46.9 Å². The number of hydrogen-bond acceptors (Lipinski definition) is 2. The van der Waals surface area contributed by atoms with Crippen molar-refractivity contribution in [3.63, 3.8) is 0 Å². The van der Waals surface area contributed by atoms with E-state index in [-0.39, 0.29) is 5.82 Å². The summed E-state index contributed by atoms with van der Waals surface area (Å²) in [5.74, 6) is 0.491. The van der Waals surface area contributed by atoms with Gasteiger partial charge in [0.15, 0.2) is 0 Å². The minimum Gasteiger partial charge on any atom is -0.493 e. The number of hydrogen-bond donors (Lipinski definition) is 1. The van der Waals surface area contributed by atoms with E-state index in [1.54, 1.807) is 12.1 Å². The van der Waals surface area contributed by atoms with Gasteiger partial charge in [-0.1, -0.05) is 24.3 Å². The first-order chi connectivity index (χ1) is 10.1. The molecule has 0 radical (unpaired) electrons. The number of rotatable bonds is 6. The molecule has 0 aliphatic carbocycles. The number of ether oxygens (including phenoxy) is 1. The van der Waals surface area contributed by atoms with Crippen molar-refractivity contribution in [3.8, 4) is 5.75 Å². The van der Waals surface area contributed by atoms with E-state index in [2.05, 4.69) is 15.9 Å². The van der Waals surface area contributed by atoms with Crippen LogP contribution >= 0.6 is 15.9 Å². The Kier molecular flexibility index (Phi) is 5.76. The molecule has 4 heteroatoms. The van der Waals surface area contributed by atoms with Gasteiger partial charge in [0.05, 0.1) is 17.2 Å². The number of halogens is 2. The molecule has 2 aromatic rings. The fraction of sp³-hybridized carbons (Fsp3) is 0.294. The minimum absolute atomic E-state index is 0.310. The summed E-state index contributed by atoms with van der Waals surface area (Å²) in [5, 5.41) is 10.0. The van der Waals surface area contributed by atoms with E-state index in [0.29, 0.717) is 23.9 Å². The van der Waals surface area contributed by atoms with Gasteiger partial charge in [-0.15, -0.1) is 0 Å². The molecule has 0 aliphatic rings. The summed E-state index contributed by atoms with van der Waals surface area (Å²) in [6, 6.07) is 12.6. The Morgan fingerprint density at radius 2 is 2.00 bits per heavy atom. The number of benzene rings is 2. The highest BCUT2D eigenvalue weighted by Gasteiger charge is 2.11. The van der Waals surface area contributed by atoms with Crippen molar-refractivity contribution >= 4 is 15.9 Å². The van der Waals surface area contributed by atoms with Gasteiger partial charge in [0.25, 0.3) is 0 Å². The zero-order chi connectivity index (χ0) is 15.2. The van der Waals surface area contributed by atoms with Crippen LogP contribution in [0.2, 0.25) is 0 Å². The van der Waals surface area contributed by atoms with Crippen LogP contribution < -0.4 is 4.74 Å². The van der Waals surface area contributed by atoms with E-state index in [0.717, 1.165) is 16.9 Å². The van der Waals surface area contributed by atoms with Crippen LogP contribution in [0.1, 0.15) is 17.5 Å². The summed E-state index contributed by atoms with van der Waals surface area (Å²) in [7, 11) is 0. The molecule has 0 spiro atoms. The predicted molar refractivity (Wildman–Crippen MR) is 85.1 cm³/mol. The number of aryl methyl sites for hydroxylation is 1. The average molecular weight is 353 g/mol. The van der Waals surface area contributed by atoms with Gasteiger partial charge in [-0.2, -0.15) is 0 Å². The maximum absolute atomic E-state index is 13.4. The van der Waals surface area contributed by atoms with Gasteiger partial charge in [0.1, 0.15) is 11.6 Å². The fourth-order valence-corrected chi connectivity index (χ4v) is 2.51. The zero-order valence-electron chi connectivity index (χ0n) is 11.9. The summed E-state index contributed by atoms with van der Waals surface area (Å²) in [6.07, 6.45) is 0.333. The molecule has 0 bridgehead atoms. The molecule has 112 valence electrons. The third kappa shape index (κ3) is 4.83. The van der Waals surface area contributed by atoms with E-state index >= 15 is 0 Å². The van der Waals surface area contributed by atoms with Crippen LogP contribution in [0.25, 0.3) is 0 Å². The second-order valence-electron chi connectivity index (χ2n) is 5.02. The molecule has 0 aromatic heterocycles. The second kappa shape index (κ2) is 7.57. The molecule has 0 fully saturated rings. The molecule has 2 aromatic carbocycles. The van der Waals surface area contributed by atoms with Crippen LogP contribution in [0.3, 0.4) is 0 Å². The Hall–Kier alpha value is -1.39. The summed E-state index contributed by atoms with van der Waals surface area (Å²) < 4.78 is 19.4. The third-order valence-corrected chi connectivity index (χ3v) is 4.08. The van der Waals surface area contributed by atoms with E-state index in [4.69, 9.17) is 4.74 Å². The molecule has 0 aliphatic heterocycles. The third-order valence-electron chi connectivity index (χ3n) is 3.20. The average Bonchev–Trinajstić information content (AvgIpc) is 2.44. The van der Waals surface area contributed by atoms with Crippen molar-refractivity contribution < 1.29 is 14.2 Å². The van der Waals surface area contributed by atoms with Crippen molar-refractivity contribution in [1.29, 1.82) is 0 Å². The van der Waals surface area contributed by atoms with E-state index in [1.165, 1.54) is 6.07 Å². The van der Waals surface area contributed by atoms with Crippen LogP contribution in [0, 0.1) is 12.7 Å². The molecule has 0 amide bonds. The van der Waals surface area contributed by atoms with Gasteiger partial charge >= 0.3 is 0 Å². The summed E-state index contributed by atoms with van der Waals surface area (Å²) in [5.41, 5.74) is 1.90. The summed E-state index contributed by atoms with van der Waals surface area (Å²) >= 11 is 3.20. The van der Waals surface area contributed by atoms with Crippen molar-refractivity contribution in [2.24, 2.45) is 0 Å². The fourth-order valence-electron chi connectivity index (χ4n) is 2.08. The lowest BCUT2D eigenvalue weighted by molar-refractivity contribution is 0.139. The monoisotopic (exact) mass is 352 g/mol. The highest BCUT2D eigenvalue weighted by molar-refractivity contribution is 9.10. The first kappa shape index (κ1) is 16.0. The van der Waals surface area contributed by atoms with Gasteiger partial charge < -0.3 is 9.84 Å². The molecule has 2 nitrogen and oxygen atoms in total. The predicted octanol–water partition coefficient (Wildman–Crippen LogP) is 4.27. The van der Waals surface area contributed by atoms with E-state index in [1.807, 2.05) is 31.2 Å². The Morgan fingerprint density at radius 3 is 2.76 bits per heavy atom. The first-order valence-electron chi connectivity index (χ1n) is 6.86. The van der Waals surface area contributed by atoms with Gasteiger partial charge in [0.2, 0.25) is 0 Å². The number of aliphatic hydroxyl groups excluding tert-OH is 1. The summed E-state index contributed by atoms with van der Waals surface area (Å²) in [4.78, 5) is 0. The van der Waals surface area contributed by atoms with Gasteiger partial charge in [-0.3, -0.25) is 0 Å². The van der Waals surface area contributed by atoms with Crippen molar-refractivity contribution in [3.05, 3.63) is 63.9 Å². The highest BCUT2D eigenvalue weighted by atomic mass is 79.9. The highest BCUT2D eigenvalue weighted by Crippen LogP contribution is 2.22. The molecular formula is C17H18BrFO2. The molecule has 2 rings (SSSR count). The molecule has 0 saturated carbocycles. The number of aliphatic hydroxyl groups is 1. The SMILES string of the molecule is Cc1cccc(OCCC(O)Cc2cccc(F)c2Br)c1. The molecular weight excluding hydrogens is 335 g/mol. The topological polar surface area (TPSA) is 29.5 Å². The smallest absolute Gasteiger partial charge is 0.137 e. The van der Waals surface area contributed by atoms with Crippen LogP contribution in [-0.2, 0) is 6.42 Å². The normalized spacial score (nSPS) is 12.2. The summed E-state index contributed by atoms with van der Waals surface area (Å²) in [6.45, 7) is 2.43. The minimum atomic E-state index is -0.562. The van der Waals surface area contributed by atoms with Crippen LogP contribution in [-0.4, -0.2) is 17.8 Å². The lowest BCUT2D eigenvalue weighted by Gasteiger charge is -2.13. The zero-order valence-corrected chi connectivity index (χ0v) is 13.4. The van der Waals surface area contributed by atoms with E-state index in [9.17, 15) is 9.50 Å². The first-order valence-corrected chi connectivity index (χ1v) is 7.66. The lowest BCUT2D eigenvalue weighted by Crippen LogP contribution is -2.15. The quantitative estimate of drug-likeness (QED) is 0.841. The Labute approximate surface area is 132 Å².